The van der Waals surface area contributed by atoms with Crippen molar-refractivity contribution in [3.05, 3.63) is 77.7 Å². The molecule has 1 N–H and O–H groups in total. The van der Waals surface area contributed by atoms with Gasteiger partial charge in [-0.15, -0.1) is 11.3 Å². The summed E-state index contributed by atoms with van der Waals surface area (Å²) >= 11 is 1.32. The topological polar surface area (TPSA) is 90.9 Å². The number of nitrogens with one attached hydrogen (secondary N) is 1. The second-order valence-electron chi connectivity index (χ2n) is 7.94. The normalized spacial score (nSPS) is 13.8. The minimum Gasteiger partial charge on any atom is -0.462 e. The van der Waals surface area contributed by atoms with Gasteiger partial charge in [0.15, 0.2) is 0 Å². The molecule has 2 atom stereocenters. The Morgan fingerprint density at radius 3 is 2.53 bits per heavy atom. The van der Waals surface area contributed by atoms with Crippen LogP contribution in [0.3, 0.4) is 0 Å². The lowest BCUT2D eigenvalue weighted by Gasteiger charge is -2.24. The third kappa shape index (κ3) is 7.03. The Kier molecular flexibility index (Phi) is 8.67. The van der Waals surface area contributed by atoms with Crippen LogP contribution in [0.2, 0.25) is 0 Å². The van der Waals surface area contributed by atoms with Crippen molar-refractivity contribution in [2.45, 2.75) is 39.1 Å². The second kappa shape index (κ2) is 11.5. The van der Waals surface area contributed by atoms with Gasteiger partial charge >= 0.3 is 19.5 Å². The van der Waals surface area contributed by atoms with E-state index in [1.165, 1.54) is 17.4 Å². The van der Waals surface area contributed by atoms with Crippen molar-refractivity contribution in [3.8, 4) is 5.75 Å². The number of fused-ring (bicyclic) bond motifs is 1. The Bertz CT molecular complexity index is 1210. The summed E-state index contributed by atoms with van der Waals surface area (Å²) in [6.45, 7) is 8.78. The van der Waals surface area contributed by atoms with Crippen molar-refractivity contribution in [1.82, 2.24) is 5.09 Å². The fourth-order valence-electron chi connectivity index (χ4n) is 3.18. The number of esters is 2. The molecule has 1 heterocycles. The summed E-state index contributed by atoms with van der Waals surface area (Å²) in [5.41, 5.74) is 0.729. The standard InChI is InChI=1S/C25H28NO6PS/c1-5-13-30-25(28)23-15-20-14-19(11-12-22(20)34-23)16-33(29,32-21-9-7-6-8-10-21)26-18(4)24(27)31-17(2)3/h5-12,14-15,17-18H,1,13,16H2,2-4H3,(H,26,29). The molecular weight excluding hydrogens is 473 g/mol. The van der Waals surface area contributed by atoms with Crippen molar-refractivity contribution in [3.63, 3.8) is 0 Å². The SMILES string of the molecule is C=CCOC(=O)c1cc2cc(CP(=O)(NC(C)C(=O)OC(C)C)Oc3ccccc3)ccc2s1. The molecule has 0 fully saturated rings. The molecule has 0 bridgehead atoms. The molecule has 7 nitrogen and oxygen atoms in total. The van der Waals surface area contributed by atoms with Crippen molar-refractivity contribution < 1.29 is 28.2 Å². The molecule has 0 spiro atoms. The molecular formula is C25H28NO6PS. The van der Waals surface area contributed by atoms with Crippen LogP contribution in [-0.4, -0.2) is 30.7 Å². The molecule has 3 rings (SSSR count). The molecule has 3 aromatic rings. The Balaban J connectivity index is 1.85. The van der Waals surface area contributed by atoms with Gasteiger partial charge < -0.3 is 14.0 Å². The van der Waals surface area contributed by atoms with Gasteiger partial charge in [0.25, 0.3) is 0 Å². The number of carbonyl (C=O) groups excluding carboxylic acids is 2. The molecule has 34 heavy (non-hydrogen) atoms. The van der Waals surface area contributed by atoms with E-state index in [2.05, 4.69) is 11.7 Å². The lowest BCUT2D eigenvalue weighted by atomic mass is 10.2. The van der Waals surface area contributed by atoms with E-state index < -0.39 is 25.5 Å². The molecule has 2 unspecified atom stereocenters. The van der Waals surface area contributed by atoms with Crippen LogP contribution in [0.5, 0.6) is 5.75 Å². The summed E-state index contributed by atoms with van der Waals surface area (Å²) in [4.78, 5) is 25.0. The number of thiophene rings is 1. The molecule has 0 aliphatic rings. The summed E-state index contributed by atoms with van der Waals surface area (Å²) in [6.07, 6.45) is 1.25. The molecule has 9 heteroatoms. The van der Waals surface area contributed by atoms with Gasteiger partial charge in [-0.3, -0.25) is 9.36 Å². The number of para-hydroxylation sites is 1. The average molecular weight is 502 g/mol. The van der Waals surface area contributed by atoms with Crippen LogP contribution in [0.25, 0.3) is 10.1 Å². The van der Waals surface area contributed by atoms with E-state index in [9.17, 15) is 14.2 Å². The van der Waals surface area contributed by atoms with Crippen LogP contribution < -0.4 is 9.61 Å². The number of ether oxygens (including phenoxy) is 2. The smallest absolute Gasteiger partial charge is 0.348 e. The van der Waals surface area contributed by atoms with Crippen LogP contribution in [-0.2, 0) is 25.0 Å². The van der Waals surface area contributed by atoms with E-state index in [0.29, 0.717) is 10.6 Å². The summed E-state index contributed by atoms with van der Waals surface area (Å²) in [6, 6.07) is 15.2. The average Bonchev–Trinajstić information content (AvgIpc) is 3.21. The van der Waals surface area contributed by atoms with Crippen molar-refractivity contribution >= 4 is 40.9 Å². The Labute approximate surface area is 203 Å². The van der Waals surface area contributed by atoms with Crippen molar-refractivity contribution in [1.29, 1.82) is 0 Å². The summed E-state index contributed by atoms with van der Waals surface area (Å²) in [5, 5.41) is 3.69. The summed E-state index contributed by atoms with van der Waals surface area (Å²) in [7, 11) is -3.57. The van der Waals surface area contributed by atoms with Crippen LogP contribution in [0.4, 0.5) is 0 Å². The predicted molar refractivity (Wildman–Crippen MR) is 135 cm³/mol. The van der Waals surface area contributed by atoms with Crippen LogP contribution in [0.15, 0.2) is 67.3 Å². The third-order valence-electron chi connectivity index (χ3n) is 4.60. The van der Waals surface area contributed by atoms with E-state index in [-0.39, 0.29) is 18.9 Å². The Morgan fingerprint density at radius 2 is 1.85 bits per heavy atom. The lowest BCUT2D eigenvalue weighted by Crippen LogP contribution is -2.36. The molecule has 1 aromatic heterocycles. The van der Waals surface area contributed by atoms with E-state index in [1.54, 1.807) is 51.1 Å². The van der Waals surface area contributed by atoms with Gasteiger partial charge in [-0.2, -0.15) is 0 Å². The highest BCUT2D eigenvalue weighted by molar-refractivity contribution is 7.56. The highest BCUT2D eigenvalue weighted by atomic mass is 32.1. The number of rotatable bonds is 11. The molecule has 0 aliphatic carbocycles. The second-order valence-corrected chi connectivity index (χ2v) is 11.1. The quantitative estimate of drug-likeness (QED) is 0.197. The van der Waals surface area contributed by atoms with Crippen LogP contribution in [0, 0.1) is 0 Å². The van der Waals surface area contributed by atoms with E-state index in [0.717, 1.165) is 15.6 Å². The molecule has 2 aromatic carbocycles. The third-order valence-corrected chi connectivity index (χ3v) is 7.76. The minimum absolute atomic E-state index is 0.0310. The number of carbonyl (C=O) groups is 2. The Hall–Kier alpha value is -2.93. The number of benzene rings is 2. The van der Waals surface area contributed by atoms with Gasteiger partial charge in [-0.05, 0) is 62.1 Å². The van der Waals surface area contributed by atoms with Gasteiger partial charge in [0.1, 0.15) is 23.3 Å². The first-order chi connectivity index (χ1) is 16.2. The fourth-order valence-corrected chi connectivity index (χ4v) is 6.16. The zero-order valence-electron chi connectivity index (χ0n) is 19.4. The lowest BCUT2D eigenvalue weighted by molar-refractivity contribution is -0.149. The zero-order chi connectivity index (χ0) is 24.7. The maximum absolute atomic E-state index is 13.9. The molecule has 180 valence electrons. The van der Waals surface area contributed by atoms with Gasteiger partial charge in [0.05, 0.1) is 12.3 Å². The van der Waals surface area contributed by atoms with Gasteiger partial charge in [0, 0.05) is 4.70 Å². The van der Waals surface area contributed by atoms with E-state index in [4.69, 9.17) is 14.0 Å². The maximum Gasteiger partial charge on any atom is 0.348 e. The van der Waals surface area contributed by atoms with E-state index in [1.807, 2.05) is 24.3 Å². The van der Waals surface area contributed by atoms with Gasteiger partial charge in [-0.25, -0.2) is 9.88 Å². The van der Waals surface area contributed by atoms with Crippen molar-refractivity contribution in [2.75, 3.05) is 6.61 Å². The Morgan fingerprint density at radius 1 is 1.12 bits per heavy atom. The first-order valence-electron chi connectivity index (χ1n) is 10.8. The number of hydrogen-bond acceptors (Lipinski definition) is 7. The van der Waals surface area contributed by atoms with Crippen LogP contribution in [0.1, 0.15) is 36.0 Å². The highest BCUT2D eigenvalue weighted by Gasteiger charge is 2.31. The van der Waals surface area contributed by atoms with Crippen LogP contribution >= 0.6 is 18.9 Å². The number of hydrogen-bond donors (Lipinski definition) is 1. The molecule has 0 amide bonds. The van der Waals surface area contributed by atoms with Gasteiger partial charge in [-0.1, -0.05) is 36.9 Å². The molecule has 0 aliphatic heterocycles. The van der Waals surface area contributed by atoms with Gasteiger partial charge in [0.2, 0.25) is 0 Å². The summed E-state index contributed by atoms with van der Waals surface area (Å²) in [5.74, 6) is -0.505. The minimum atomic E-state index is -3.57. The zero-order valence-corrected chi connectivity index (χ0v) is 21.1. The molecule has 0 saturated carbocycles. The van der Waals surface area contributed by atoms with E-state index >= 15 is 0 Å². The van der Waals surface area contributed by atoms with Crippen molar-refractivity contribution in [2.24, 2.45) is 0 Å². The fraction of sp³-hybridized carbons (Fsp3) is 0.280. The first kappa shape index (κ1) is 25.7. The monoisotopic (exact) mass is 501 g/mol. The predicted octanol–water partition coefficient (Wildman–Crippen LogP) is 5.95. The summed E-state index contributed by atoms with van der Waals surface area (Å²) < 4.78 is 31.0. The highest BCUT2D eigenvalue weighted by Crippen LogP contribution is 2.47. The largest absolute Gasteiger partial charge is 0.462 e. The molecule has 0 radical (unpaired) electrons. The molecule has 0 saturated heterocycles. The first-order valence-corrected chi connectivity index (χ1v) is 13.4. The maximum atomic E-state index is 13.9.